The highest BCUT2D eigenvalue weighted by atomic mass is 16.5. The number of hydrogen-bond donors (Lipinski definition) is 3. The monoisotopic (exact) mass is 858 g/mol. The first-order chi connectivity index (χ1) is 30.0. The van der Waals surface area contributed by atoms with Gasteiger partial charge in [0.25, 0.3) is 0 Å². The Labute approximate surface area is 379 Å². The Kier molecular flexibility index (Phi) is 49.1. The number of allylic oxidation sites excluding steroid dienone is 5. The molecule has 0 fully saturated rings. The predicted octanol–water partition coefficient (Wildman–Crippen LogP) is 16.1. The molecule has 0 aromatic heterocycles. The molecule has 2 atom stereocenters. The molecule has 358 valence electrons. The minimum absolute atomic E-state index is 0.0256. The van der Waals surface area contributed by atoms with Gasteiger partial charge in [0.1, 0.15) is 0 Å². The summed E-state index contributed by atoms with van der Waals surface area (Å²) >= 11 is 0. The number of unbranched alkanes of at least 4 members (excludes halogenated alkanes) is 34. The molecule has 0 aromatic rings. The summed E-state index contributed by atoms with van der Waals surface area (Å²) < 4.78 is 5.45. The van der Waals surface area contributed by atoms with Crippen LogP contribution in [0.2, 0.25) is 0 Å². The second kappa shape index (κ2) is 50.7. The normalized spacial score (nSPS) is 12.9. The number of nitrogens with one attached hydrogen (secondary N) is 1. The van der Waals surface area contributed by atoms with Gasteiger partial charge in [-0.15, -0.1) is 0 Å². The first-order valence-electron chi connectivity index (χ1n) is 26.8. The summed E-state index contributed by atoms with van der Waals surface area (Å²) in [5.74, 6) is -0.109. The van der Waals surface area contributed by atoms with Gasteiger partial charge in [-0.05, 0) is 57.8 Å². The lowest BCUT2D eigenvalue weighted by molar-refractivity contribution is -0.143. The fourth-order valence-electron chi connectivity index (χ4n) is 8.00. The Morgan fingerprint density at radius 3 is 1.30 bits per heavy atom. The fraction of sp³-hybridized carbons (Fsp3) is 0.855. The molecule has 6 heteroatoms. The van der Waals surface area contributed by atoms with E-state index in [1.54, 1.807) is 6.08 Å². The zero-order valence-electron chi connectivity index (χ0n) is 40.6. The van der Waals surface area contributed by atoms with Crippen molar-refractivity contribution in [2.75, 3.05) is 13.2 Å². The zero-order valence-corrected chi connectivity index (χ0v) is 40.6. The molecule has 61 heavy (non-hydrogen) atoms. The summed E-state index contributed by atoms with van der Waals surface area (Å²) in [6, 6.07) is -0.641. The smallest absolute Gasteiger partial charge is 0.305 e. The number of amides is 1. The summed E-state index contributed by atoms with van der Waals surface area (Å²) in [7, 11) is 0. The number of aliphatic hydroxyl groups is 2. The molecule has 0 aromatic carbocycles. The van der Waals surface area contributed by atoms with Gasteiger partial charge in [0.05, 0.1) is 25.4 Å². The van der Waals surface area contributed by atoms with Gasteiger partial charge in [-0.3, -0.25) is 9.59 Å². The van der Waals surface area contributed by atoms with Crippen molar-refractivity contribution in [1.82, 2.24) is 5.32 Å². The Morgan fingerprint density at radius 2 is 0.836 bits per heavy atom. The summed E-state index contributed by atoms with van der Waals surface area (Å²) in [6.07, 6.45) is 61.4. The second-order valence-electron chi connectivity index (χ2n) is 18.2. The predicted molar refractivity (Wildman–Crippen MR) is 264 cm³/mol. The molecule has 0 aliphatic rings. The third kappa shape index (κ3) is 47.4. The molecule has 0 bridgehead atoms. The molecule has 0 heterocycles. The first-order valence-corrected chi connectivity index (χ1v) is 26.8. The number of carbonyl (C=O) groups excluding carboxylic acids is 2. The van der Waals surface area contributed by atoms with Gasteiger partial charge in [0.15, 0.2) is 0 Å². The molecule has 0 saturated carbocycles. The van der Waals surface area contributed by atoms with Crippen LogP contribution in [0.15, 0.2) is 36.5 Å². The lowest BCUT2D eigenvalue weighted by Gasteiger charge is -2.20. The van der Waals surface area contributed by atoms with Crippen LogP contribution in [0.25, 0.3) is 0 Å². The zero-order chi connectivity index (χ0) is 44.4. The maximum Gasteiger partial charge on any atom is 0.305 e. The van der Waals surface area contributed by atoms with Crippen LogP contribution in [0, 0.1) is 0 Å². The molecule has 1 amide bonds. The highest BCUT2D eigenvalue weighted by molar-refractivity contribution is 5.76. The maximum absolute atomic E-state index is 12.4. The standard InChI is InChI=1S/C55H103NO5/c1-3-5-7-9-11-13-15-17-19-20-21-22-23-27-31-35-39-43-47-53(58)52(51-57)56-54(59)48-44-40-36-32-28-25-26-30-34-38-42-46-50-61-55(60)49-45-41-37-33-29-24-18-16-14-12-10-8-6-4-2/h10,12,16,18,43,47,52-53,57-58H,3-9,11,13-15,17,19-42,44-46,48-51H2,1-2H3,(H,56,59)/b12-10-,18-16-,47-43+. The van der Waals surface area contributed by atoms with E-state index in [-0.39, 0.29) is 18.5 Å². The summed E-state index contributed by atoms with van der Waals surface area (Å²) in [5.41, 5.74) is 0. The van der Waals surface area contributed by atoms with Crippen LogP contribution >= 0.6 is 0 Å². The summed E-state index contributed by atoms with van der Waals surface area (Å²) in [4.78, 5) is 24.5. The lowest BCUT2D eigenvalue weighted by atomic mass is 10.0. The fourth-order valence-corrected chi connectivity index (χ4v) is 8.00. The van der Waals surface area contributed by atoms with Crippen LogP contribution in [-0.4, -0.2) is 47.4 Å². The van der Waals surface area contributed by atoms with E-state index in [4.69, 9.17) is 4.74 Å². The van der Waals surface area contributed by atoms with Gasteiger partial charge in [-0.25, -0.2) is 0 Å². The minimum Gasteiger partial charge on any atom is -0.466 e. The van der Waals surface area contributed by atoms with E-state index in [2.05, 4.69) is 43.5 Å². The average Bonchev–Trinajstić information content (AvgIpc) is 3.26. The first kappa shape index (κ1) is 59.1. The third-order valence-corrected chi connectivity index (χ3v) is 12.2. The molecule has 0 spiro atoms. The molecule has 0 saturated heterocycles. The Balaban J connectivity index is 3.51. The molecule has 2 unspecified atom stereocenters. The molecule has 6 nitrogen and oxygen atoms in total. The molecule has 3 N–H and O–H groups in total. The second-order valence-corrected chi connectivity index (χ2v) is 18.2. The van der Waals surface area contributed by atoms with Gasteiger partial charge >= 0.3 is 5.97 Å². The number of aliphatic hydroxyl groups excluding tert-OH is 2. The van der Waals surface area contributed by atoms with Gasteiger partial charge in [0, 0.05) is 12.8 Å². The van der Waals surface area contributed by atoms with E-state index in [1.807, 2.05) is 6.08 Å². The molecular formula is C55H103NO5. The Morgan fingerprint density at radius 1 is 0.459 bits per heavy atom. The largest absolute Gasteiger partial charge is 0.466 e. The molecule has 0 aliphatic carbocycles. The van der Waals surface area contributed by atoms with E-state index in [9.17, 15) is 19.8 Å². The van der Waals surface area contributed by atoms with Crippen molar-refractivity contribution in [3.8, 4) is 0 Å². The van der Waals surface area contributed by atoms with Crippen molar-refractivity contribution in [1.29, 1.82) is 0 Å². The van der Waals surface area contributed by atoms with Crippen LogP contribution in [0.1, 0.15) is 277 Å². The minimum atomic E-state index is -0.856. The van der Waals surface area contributed by atoms with Gasteiger partial charge < -0.3 is 20.3 Å². The van der Waals surface area contributed by atoms with Crippen molar-refractivity contribution >= 4 is 11.9 Å². The Bertz CT molecular complexity index is 993. The van der Waals surface area contributed by atoms with Gasteiger partial charge in [-0.2, -0.15) is 0 Å². The molecule has 0 aliphatic heterocycles. The average molecular weight is 858 g/mol. The van der Waals surface area contributed by atoms with Crippen molar-refractivity contribution in [2.45, 2.75) is 289 Å². The van der Waals surface area contributed by atoms with E-state index >= 15 is 0 Å². The van der Waals surface area contributed by atoms with Crippen LogP contribution in [-0.2, 0) is 14.3 Å². The van der Waals surface area contributed by atoms with E-state index in [0.717, 1.165) is 70.6 Å². The topological polar surface area (TPSA) is 95.9 Å². The van der Waals surface area contributed by atoms with Crippen molar-refractivity contribution < 1.29 is 24.5 Å². The van der Waals surface area contributed by atoms with Crippen molar-refractivity contribution in [2.24, 2.45) is 0 Å². The van der Waals surface area contributed by atoms with Gasteiger partial charge in [-0.1, -0.05) is 243 Å². The van der Waals surface area contributed by atoms with Crippen LogP contribution in [0.4, 0.5) is 0 Å². The van der Waals surface area contributed by atoms with Crippen LogP contribution < -0.4 is 5.32 Å². The summed E-state index contributed by atoms with van der Waals surface area (Å²) in [5, 5.41) is 23.1. The molecule has 0 rings (SSSR count). The quantitative estimate of drug-likeness (QED) is 0.0322. The van der Waals surface area contributed by atoms with Crippen molar-refractivity contribution in [3.05, 3.63) is 36.5 Å². The highest BCUT2D eigenvalue weighted by Gasteiger charge is 2.18. The SMILES string of the molecule is CCCC/C=C\C/C=C\CCCCCCCC(=O)OCCCCCCCCCCCCCCC(=O)NC(CO)C(O)/C=C/CCCCCCCCCCCCCCCCCC. The Hall–Kier alpha value is -1.92. The van der Waals surface area contributed by atoms with Crippen molar-refractivity contribution in [3.63, 3.8) is 0 Å². The van der Waals surface area contributed by atoms with Gasteiger partial charge in [0.2, 0.25) is 5.91 Å². The number of rotatable bonds is 49. The van der Waals surface area contributed by atoms with E-state index in [1.165, 1.54) is 180 Å². The number of esters is 1. The number of carbonyl (C=O) groups is 2. The van der Waals surface area contributed by atoms with Crippen LogP contribution in [0.5, 0.6) is 0 Å². The molecular weight excluding hydrogens is 755 g/mol. The number of hydrogen-bond acceptors (Lipinski definition) is 5. The third-order valence-electron chi connectivity index (χ3n) is 12.2. The summed E-state index contributed by atoms with van der Waals surface area (Å²) in [6.45, 7) is 4.82. The number of ether oxygens (including phenoxy) is 1. The van der Waals surface area contributed by atoms with E-state index in [0.29, 0.717) is 19.4 Å². The highest BCUT2D eigenvalue weighted by Crippen LogP contribution is 2.16. The maximum atomic E-state index is 12.4. The van der Waals surface area contributed by atoms with E-state index < -0.39 is 12.1 Å². The van der Waals surface area contributed by atoms with Crippen LogP contribution in [0.3, 0.4) is 0 Å². The molecule has 0 radical (unpaired) electrons. The lowest BCUT2D eigenvalue weighted by Crippen LogP contribution is -2.45.